The highest BCUT2D eigenvalue weighted by Crippen LogP contribution is 2.43. The van der Waals surface area contributed by atoms with Crippen LogP contribution in [-0.2, 0) is 25.7 Å². The molecule has 0 bridgehead atoms. The predicted octanol–water partition coefficient (Wildman–Crippen LogP) is 5.58. The van der Waals surface area contributed by atoms with Gasteiger partial charge in [0, 0.05) is 18.0 Å². The molecule has 2 aliphatic rings. The van der Waals surface area contributed by atoms with E-state index in [2.05, 4.69) is 39.8 Å². The summed E-state index contributed by atoms with van der Waals surface area (Å²) in [7, 11) is 0. The fourth-order valence-corrected chi connectivity index (χ4v) is 4.56. The Kier molecular flexibility index (Phi) is 6.85. The van der Waals surface area contributed by atoms with E-state index in [1.807, 2.05) is 13.8 Å². The number of fused-ring (bicyclic) bond motifs is 3. The highest BCUT2D eigenvalue weighted by molar-refractivity contribution is 6.02. The molecule has 0 aliphatic heterocycles. The van der Waals surface area contributed by atoms with Crippen LogP contribution in [0.5, 0.6) is 0 Å². The summed E-state index contributed by atoms with van der Waals surface area (Å²) in [6, 6.07) is 2.47. The lowest BCUT2D eigenvalue weighted by Gasteiger charge is -2.42. The summed E-state index contributed by atoms with van der Waals surface area (Å²) in [4.78, 5) is 12.5. The number of nitrogens with two attached hydrogens (primary N) is 1. The van der Waals surface area contributed by atoms with Crippen LogP contribution in [0.1, 0.15) is 93.4 Å². The molecule has 26 heavy (non-hydrogen) atoms. The van der Waals surface area contributed by atoms with E-state index in [9.17, 15) is 4.79 Å². The molecule has 2 heteroatoms. The van der Waals surface area contributed by atoms with Crippen LogP contribution in [0.4, 0.5) is 0 Å². The molecule has 0 amide bonds. The molecule has 0 heterocycles. The Bertz CT molecular complexity index is 697. The van der Waals surface area contributed by atoms with Crippen molar-refractivity contribution in [1.82, 2.24) is 0 Å². The van der Waals surface area contributed by atoms with Crippen LogP contribution in [0.25, 0.3) is 0 Å². The second-order valence-corrected chi connectivity index (χ2v) is 8.27. The molecule has 2 nitrogen and oxygen atoms in total. The van der Waals surface area contributed by atoms with Gasteiger partial charge in [0.1, 0.15) is 0 Å². The van der Waals surface area contributed by atoms with E-state index in [1.165, 1.54) is 27.8 Å². The Morgan fingerprint density at radius 2 is 1.96 bits per heavy atom. The average Bonchev–Trinajstić information content (AvgIpc) is 2.98. The van der Waals surface area contributed by atoms with E-state index in [0.29, 0.717) is 12.2 Å². The van der Waals surface area contributed by atoms with Gasteiger partial charge >= 0.3 is 0 Å². The van der Waals surface area contributed by atoms with Gasteiger partial charge < -0.3 is 5.73 Å². The fraction of sp³-hybridized carbons (Fsp3) is 0.625. The first-order chi connectivity index (χ1) is 12.4. The standard InChI is InChI=1S/C22H31NO.C2H6/c1-5-15-11-16-8-9-19(24)21(16)18-13-22(4,10-6-7-14(2)3)20(23)12-17(15)18;1-2/h7,11,20H,5-6,8-10,12-13,23H2,1-4H3;1-2H3. The summed E-state index contributed by atoms with van der Waals surface area (Å²) in [5.74, 6) is 0.353. The third kappa shape index (κ3) is 3.96. The van der Waals surface area contributed by atoms with Gasteiger partial charge in [-0.15, -0.1) is 0 Å². The number of aryl methyl sites for hydroxylation is 2. The number of allylic oxidation sites excluding steroid dienone is 2. The minimum absolute atomic E-state index is 0.0853. The molecule has 0 radical (unpaired) electrons. The second kappa shape index (κ2) is 8.52. The molecule has 1 aromatic carbocycles. The molecule has 0 spiro atoms. The monoisotopic (exact) mass is 355 g/mol. The maximum Gasteiger partial charge on any atom is 0.163 e. The van der Waals surface area contributed by atoms with Gasteiger partial charge in [0.05, 0.1) is 0 Å². The lowest BCUT2D eigenvalue weighted by Crippen LogP contribution is -2.46. The predicted molar refractivity (Wildman–Crippen MR) is 112 cm³/mol. The van der Waals surface area contributed by atoms with Gasteiger partial charge in [-0.05, 0) is 80.0 Å². The number of hydrogen-bond donors (Lipinski definition) is 1. The van der Waals surface area contributed by atoms with Crippen LogP contribution in [0.15, 0.2) is 17.7 Å². The summed E-state index contributed by atoms with van der Waals surface area (Å²) < 4.78 is 0. The van der Waals surface area contributed by atoms with Gasteiger partial charge in [-0.2, -0.15) is 0 Å². The highest BCUT2D eigenvalue weighted by atomic mass is 16.1. The van der Waals surface area contributed by atoms with E-state index < -0.39 is 0 Å². The molecule has 2 unspecified atom stereocenters. The molecule has 0 aromatic heterocycles. The topological polar surface area (TPSA) is 43.1 Å². The van der Waals surface area contributed by atoms with Crippen molar-refractivity contribution in [2.75, 3.05) is 0 Å². The third-order valence-corrected chi connectivity index (χ3v) is 6.17. The van der Waals surface area contributed by atoms with Crippen molar-refractivity contribution in [2.45, 2.75) is 92.5 Å². The highest BCUT2D eigenvalue weighted by Gasteiger charge is 2.40. The summed E-state index contributed by atoms with van der Waals surface area (Å²) in [6.45, 7) is 12.8. The Balaban J connectivity index is 0.00000117. The molecule has 2 N–H and O–H groups in total. The van der Waals surface area contributed by atoms with E-state index in [4.69, 9.17) is 5.73 Å². The zero-order valence-electron chi connectivity index (χ0n) is 17.7. The number of hydrogen-bond acceptors (Lipinski definition) is 2. The summed E-state index contributed by atoms with van der Waals surface area (Å²) >= 11 is 0. The van der Waals surface area contributed by atoms with E-state index in [1.54, 1.807) is 0 Å². The Morgan fingerprint density at radius 1 is 1.27 bits per heavy atom. The zero-order valence-corrected chi connectivity index (χ0v) is 17.7. The van der Waals surface area contributed by atoms with E-state index >= 15 is 0 Å². The summed E-state index contributed by atoms with van der Waals surface area (Å²) in [5, 5.41) is 0. The maximum atomic E-state index is 12.5. The molecule has 2 aliphatic carbocycles. The number of carbonyl (C=O) groups is 1. The van der Waals surface area contributed by atoms with E-state index in [0.717, 1.165) is 44.1 Å². The number of ketones is 1. The molecule has 3 rings (SSSR count). The van der Waals surface area contributed by atoms with E-state index in [-0.39, 0.29) is 11.5 Å². The van der Waals surface area contributed by atoms with Gasteiger partial charge in [-0.1, -0.05) is 45.4 Å². The minimum atomic E-state index is 0.0853. The average molecular weight is 356 g/mol. The van der Waals surface area contributed by atoms with Crippen molar-refractivity contribution in [3.8, 4) is 0 Å². The smallest absolute Gasteiger partial charge is 0.163 e. The molecule has 0 fully saturated rings. The van der Waals surface area contributed by atoms with Crippen molar-refractivity contribution in [3.05, 3.63) is 45.5 Å². The van der Waals surface area contributed by atoms with Crippen LogP contribution >= 0.6 is 0 Å². The Labute approximate surface area is 160 Å². The molecule has 144 valence electrons. The quantitative estimate of drug-likeness (QED) is 0.716. The van der Waals surface area contributed by atoms with Gasteiger partial charge in [0.15, 0.2) is 5.78 Å². The van der Waals surface area contributed by atoms with Gasteiger partial charge in [0.25, 0.3) is 0 Å². The maximum absolute atomic E-state index is 12.5. The molecule has 1 aromatic rings. The molecule has 0 saturated heterocycles. The first kappa shape index (κ1) is 20.9. The molecular formula is C24H37NO. The van der Waals surface area contributed by atoms with Crippen LogP contribution in [0.2, 0.25) is 0 Å². The van der Waals surface area contributed by atoms with Crippen molar-refractivity contribution in [1.29, 1.82) is 0 Å². The number of rotatable bonds is 4. The normalized spacial score (nSPS) is 23.7. The first-order valence-electron chi connectivity index (χ1n) is 10.4. The summed E-state index contributed by atoms with van der Waals surface area (Å²) in [5.41, 5.74) is 14.6. The molecule has 2 atom stereocenters. The largest absolute Gasteiger partial charge is 0.327 e. The number of Topliss-reactive ketones (excluding diaryl/α,β-unsaturated/α-hetero) is 1. The SMILES string of the molecule is CC.CCc1cc2c(c3c1CC(N)C(C)(CCC=C(C)C)C3)C(=O)CC2. The van der Waals surface area contributed by atoms with Crippen LogP contribution in [-0.4, -0.2) is 11.8 Å². The number of benzene rings is 1. The van der Waals surface area contributed by atoms with Crippen molar-refractivity contribution in [3.63, 3.8) is 0 Å². The van der Waals surface area contributed by atoms with Crippen molar-refractivity contribution < 1.29 is 4.79 Å². The van der Waals surface area contributed by atoms with Crippen LogP contribution in [0, 0.1) is 5.41 Å². The summed E-state index contributed by atoms with van der Waals surface area (Å²) in [6.07, 6.45) is 9.01. The minimum Gasteiger partial charge on any atom is -0.327 e. The van der Waals surface area contributed by atoms with Crippen LogP contribution in [0.3, 0.4) is 0 Å². The Hall–Kier alpha value is -1.41. The first-order valence-corrected chi connectivity index (χ1v) is 10.4. The molecular weight excluding hydrogens is 318 g/mol. The zero-order chi connectivity index (χ0) is 19.5. The fourth-order valence-electron chi connectivity index (χ4n) is 4.56. The lowest BCUT2D eigenvalue weighted by molar-refractivity contribution is 0.0992. The van der Waals surface area contributed by atoms with Gasteiger partial charge in [-0.25, -0.2) is 0 Å². The van der Waals surface area contributed by atoms with Gasteiger partial charge in [0.2, 0.25) is 0 Å². The third-order valence-electron chi connectivity index (χ3n) is 6.17. The van der Waals surface area contributed by atoms with Crippen molar-refractivity contribution in [2.24, 2.45) is 11.1 Å². The van der Waals surface area contributed by atoms with Gasteiger partial charge in [-0.3, -0.25) is 4.79 Å². The second-order valence-electron chi connectivity index (χ2n) is 8.27. The lowest BCUT2D eigenvalue weighted by atomic mass is 9.65. The van der Waals surface area contributed by atoms with Crippen LogP contribution < -0.4 is 5.73 Å². The van der Waals surface area contributed by atoms with Crippen molar-refractivity contribution >= 4 is 5.78 Å². The molecule has 0 saturated carbocycles. The Morgan fingerprint density at radius 3 is 2.58 bits per heavy atom. The number of carbonyl (C=O) groups excluding carboxylic acids is 1.